The minimum Gasteiger partial charge on any atom is -0.438 e. The number of carbonyl (C=O) groups is 1. The molecule has 1 aromatic carbocycles. The molecular formula is C31H35N5O3. The smallest absolute Gasteiger partial charge is 0.259 e. The molecule has 3 heterocycles. The van der Waals surface area contributed by atoms with Crippen molar-refractivity contribution >= 4 is 11.7 Å². The van der Waals surface area contributed by atoms with E-state index in [1.165, 1.54) is 38.5 Å². The Bertz CT molecular complexity index is 1330. The molecule has 4 fully saturated rings. The fourth-order valence-electron chi connectivity index (χ4n) is 8.08. The van der Waals surface area contributed by atoms with Crippen molar-refractivity contribution in [3.8, 4) is 11.6 Å². The number of hydrogen-bond acceptors (Lipinski definition) is 7. The lowest BCUT2D eigenvalue weighted by Crippen LogP contribution is -2.53. The summed E-state index contributed by atoms with van der Waals surface area (Å²) in [6.45, 7) is 1.45. The highest BCUT2D eigenvalue weighted by atomic mass is 16.5. The molecule has 0 spiro atoms. The van der Waals surface area contributed by atoms with Crippen LogP contribution >= 0.6 is 0 Å². The maximum absolute atomic E-state index is 13.5. The van der Waals surface area contributed by atoms with Crippen LogP contribution in [0.3, 0.4) is 0 Å². The van der Waals surface area contributed by atoms with E-state index in [0.29, 0.717) is 43.2 Å². The van der Waals surface area contributed by atoms with Gasteiger partial charge in [-0.25, -0.2) is 15.0 Å². The average Bonchev–Trinajstić information content (AvgIpc) is 2.95. The van der Waals surface area contributed by atoms with E-state index in [2.05, 4.69) is 20.3 Å². The van der Waals surface area contributed by atoms with Gasteiger partial charge in [-0.05, 0) is 92.4 Å². The zero-order valence-corrected chi connectivity index (χ0v) is 22.1. The van der Waals surface area contributed by atoms with Crippen molar-refractivity contribution in [1.29, 1.82) is 0 Å². The van der Waals surface area contributed by atoms with E-state index in [9.17, 15) is 9.90 Å². The number of carbonyl (C=O) groups excluding carboxylic acids is 1. The Balaban J connectivity index is 1.04. The summed E-state index contributed by atoms with van der Waals surface area (Å²) in [5, 5.41) is 14.9. The molecule has 4 saturated carbocycles. The van der Waals surface area contributed by atoms with Gasteiger partial charge in [0.25, 0.3) is 5.91 Å². The number of anilines is 1. The molecular weight excluding hydrogens is 490 g/mol. The molecule has 8 nitrogen and oxygen atoms in total. The lowest BCUT2D eigenvalue weighted by Gasteiger charge is -2.58. The first-order valence-electron chi connectivity index (χ1n) is 14.3. The van der Waals surface area contributed by atoms with E-state index in [0.717, 1.165) is 34.8 Å². The van der Waals surface area contributed by atoms with Crippen LogP contribution in [0.5, 0.6) is 11.6 Å². The zero-order valence-electron chi connectivity index (χ0n) is 22.1. The Kier molecular flexibility index (Phi) is 6.22. The number of rotatable bonds is 7. The fraction of sp³-hybridized carbons (Fsp3) is 0.484. The van der Waals surface area contributed by atoms with Crippen molar-refractivity contribution < 1.29 is 14.6 Å². The van der Waals surface area contributed by atoms with Crippen molar-refractivity contribution in [3.05, 3.63) is 71.8 Å². The number of aliphatic hydroxyl groups excluding tert-OH is 1. The highest BCUT2D eigenvalue weighted by Crippen LogP contribution is 2.61. The summed E-state index contributed by atoms with van der Waals surface area (Å²) >= 11 is 0. The second-order valence-electron chi connectivity index (χ2n) is 12.1. The number of nitrogens with zero attached hydrogens (tertiary/aromatic N) is 4. The Morgan fingerprint density at radius 1 is 1.03 bits per heavy atom. The lowest BCUT2D eigenvalue weighted by molar-refractivity contribution is -0.115. The lowest BCUT2D eigenvalue weighted by atomic mass is 9.48. The number of nitrogens with one attached hydrogen (secondary N) is 1. The summed E-state index contributed by atoms with van der Waals surface area (Å²) in [4.78, 5) is 28.7. The van der Waals surface area contributed by atoms with Crippen LogP contribution in [-0.4, -0.2) is 50.1 Å². The summed E-state index contributed by atoms with van der Waals surface area (Å²) < 4.78 is 5.93. The molecule has 1 aliphatic heterocycles. The number of hydrogen-bond donors (Lipinski definition) is 2. The first kappa shape index (κ1) is 24.5. The molecule has 202 valence electrons. The molecule has 4 bridgehead atoms. The van der Waals surface area contributed by atoms with Gasteiger partial charge >= 0.3 is 0 Å². The van der Waals surface area contributed by atoms with E-state index in [-0.39, 0.29) is 17.4 Å². The number of aliphatic hydroxyl groups is 1. The molecule has 8 rings (SSSR count). The van der Waals surface area contributed by atoms with Crippen molar-refractivity contribution in [2.24, 2.45) is 23.2 Å². The number of ether oxygens (including phenoxy) is 1. The number of benzene rings is 1. The monoisotopic (exact) mass is 525 g/mol. The highest BCUT2D eigenvalue weighted by Gasteiger charge is 2.53. The summed E-state index contributed by atoms with van der Waals surface area (Å²) in [5.41, 5.74) is 2.37. The fourth-order valence-corrected chi connectivity index (χ4v) is 8.08. The number of para-hydroxylation sites is 1. The average molecular weight is 526 g/mol. The van der Waals surface area contributed by atoms with Crippen molar-refractivity contribution in [2.75, 3.05) is 18.4 Å². The summed E-state index contributed by atoms with van der Waals surface area (Å²) in [5.74, 6) is 3.99. The van der Waals surface area contributed by atoms with E-state index in [1.807, 2.05) is 30.3 Å². The molecule has 2 N–H and O–H groups in total. The maximum atomic E-state index is 13.5. The van der Waals surface area contributed by atoms with Gasteiger partial charge in [0.05, 0.1) is 18.3 Å². The molecule has 39 heavy (non-hydrogen) atoms. The Morgan fingerprint density at radius 2 is 1.77 bits per heavy atom. The van der Waals surface area contributed by atoms with Crippen LogP contribution in [0.1, 0.15) is 60.1 Å². The Morgan fingerprint density at radius 3 is 2.51 bits per heavy atom. The van der Waals surface area contributed by atoms with Gasteiger partial charge in [0.15, 0.2) is 0 Å². The molecule has 1 unspecified atom stereocenters. The topological polar surface area (TPSA) is 100 Å². The summed E-state index contributed by atoms with van der Waals surface area (Å²) in [7, 11) is 0. The van der Waals surface area contributed by atoms with Gasteiger partial charge in [-0.15, -0.1) is 0 Å². The number of pyridine rings is 1. The van der Waals surface area contributed by atoms with Crippen LogP contribution in [0.4, 0.5) is 5.82 Å². The molecule has 0 radical (unpaired) electrons. The first-order valence-corrected chi connectivity index (χ1v) is 14.3. The minimum atomic E-state index is -0.369. The normalized spacial score (nSPS) is 27.6. The minimum absolute atomic E-state index is 0.0707. The van der Waals surface area contributed by atoms with Gasteiger partial charge in [-0.2, -0.15) is 0 Å². The highest BCUT2D eigenvalue weighted by molar-refractivity contribution is 5.96. The predicted octanol–water partition coefficient (Wildman–Crippen LogP) is 4.85. The first-order chi connectivity index (χ1) is 19.1. The van der Waals surface area contributed by atoms with Gasteiger partial charge < -0.3 is 20.1 Å². The van der Waals surface area contributed by atoms with E-state index in [4.69, 9.17) is 4.74 Å². The van der Waals surface area contributed by atoms with Gasteiger partial charge in [-0.3, -0.25) is 4.79 Å². The second-order valence-corrected chi connectivity index (χ2v) is 12.1. The quantitative estimate of drug-likeness (QED) is 0.455. The van der Waals surface area contributed by atoms with Crippen LogP contribution in [0, 0.1) is 23.2 Å². The third-order valence-corrected chi connectivity index (χ3v) is 9.51. The summed E-state index contributed by atoms with van der Waals surface area (Å²) in [6.07, 6.45) is 11.1. The zero-order chi connectivity index (χ0) is 26.4. The van der Waals surface area contributed by atoms with Crippen molar-refractivity contribution in [1.82, 2.24) is 19.9 Å². The third-order valence-electron chi connectivity index (χ3n) is 9.51. The van der Waals surface area contributed by atoms with Crippen LogP contribution in [0.25, 0.3) is 0 Å². The van der Waals surface area contributed by atoms with Crippen LogP contribution in [0.2, 0.25) is 0 Å². The van der Waals surface area contributed by atoms with Crippen molar-refractivity contribution in [3.63, 3.8) is 0 Å². The third kappa shape index (κ3) is 4.65. The molecule has 0 saturated heterocycles. The Labute approximate surface area is 228 Å². The molecule has 4 aliphatic carbocycles. The number of aromatic nitrogens is 3. The molecule has 1 amide bonds. The number of fused-ring (bicyclic) bond motifs is 1. The molecule has 1 atom stereocenters. The molecule has 2 aromatic heterocycles. The predicted molar refractivity (Wildman–Crippen MR) is 146 cm³/mol. The standard InChI is InChI=1S/C31H35N5O3/c37-27(31-14-20-11-21(15-31)13-22(12-20)16-31)17-33-28-24-8-10-36(18-26(24)34-19-35-28)30(38)25-7-4-9-32-29(25)39-23-5-2-1-3-6-23/h1-7,9,19-22,27,37H,8,10-18H2,(H,33,34,35). The van der Waals surface area contributed by atoms with Crippen LogP contribution < -0.4 is 10.1 Å². The second kappa shape index (κ2) is 9.90. The van der Waals surface area contributed by atoms with Gasteiger partial charge in [0, 0.05) is 24.8 Å². The molecule has 5 aliphatic rings. The number of amides is 1. The van der Waals surface area contributed by atoms with Crippen molar-refractivity contribution in [2.45, 2.75) is 57.6 Å². The SMILES string of the molecule is O=C(c1cccnc1Oc1ccccc1)N1CCc2c(ncnc2NCC(O)C23CC4CC(CC(C4)C2)C3)C1. The van der Waals surface area contributed by atoms with Gasteiger partial charge in [-0.1, -0.05) is 18.2 Å². The Hall–Kier alpha value is -3.52. The van der Waals surface area contributed by atoms with Gasteiger partial charge in [0.2, 0.25) is 5.88 Å². The molecule has 3 aromatic rings. The van der Waals surface area contributed by atoms with E-state index >= 15 is 0 Å². The molecule has 8 heteroatoms. The van der Waals surface area contributed by atoms with Crippen LogP contribution in [0.15, 0.2) is 55.0 Å². The van der Waals surface area contributed by atoms with E-state index < -0.39 is 0 Å². The summed E-state index contributed by atoms with van der Waals surface area (Å²) in [6, 6.07) is 12.9. The van der Waals surface area contributed by atoms with Crippen LogP contribution in [-0.2, 0) is 13.0 Å². The van der Waals surface area contributed by atoms with Gasteiger partial charge in [0.1, 0.15) is 23.5 Å². The maximum Gasteiger partial charge on any atom is 0.259 e. The van der Waals surface area contributed by atoms with E-state index in [1.54, 1.807) is 29.6 Å². The largest absolute Gasteiger partial charge is 0.438 e.